The van der Waals surface area contributed by atoms with E-state index in [0.29, 0.717) is 16.3 Å². The van der Waals surface area contributed by atoms with Crippen molar-refractivity contribution in [2.45, 2.75) is 30.9 Å². The van der Waals surface area contributed by atoms with Crippen molar-refractivity contribution in [1.29, 1.82) is 0 Å². The number of halogens is 1. The van der Waals surface area contributed by atoms with Crippen LogP contribution in [-0.2, 0) is 34.1 Å². The van der Waals surface area contributed by atoms with Crippen LogP contribution in [0.3, 0.4) is 0 Å². The number of aromatic nitrogens is 3. The fourth-order valence-corrected chi connectivity index (χ4v) is 6.36. The minimum Gasteiger partial charge on any atom is -0.376 e. The molecule has 0 saturated heterocycles. The van der Waals surface area contributed by atoms with E-state index in [0.717, 1.165) is 47.5 Å². The molecule has 0 spiro atoms. The number of nitrogens with zero attached hydrogens (tertiary/aromatic N) is 4. The molecule has 194 valence electrons. The number of carbonyl (C=O) groups excluding carboxylic acids is 1. The number of rotatable bonds is 4. The van der Waals surface area contributed by atoms with E-state index in [1.165, 1.54) is 6.07 Å². The Kier molecular flexibility index (Phi) is 6.46. The van der Waals surface area contributed by atoms with Crippen LogP contribution in [0.2, 0.25) is 5.02 Å². The third kappa shape index (κ3) is 4.82. The zero-order chi connectivity index (χ0) is 26.3. The Bertz CT molecular complexity index is 1680. The van der Waals surface area contributed by atoms with Crippen molar-refractivity contribution in [3.8, 4) is 0 Å². The van der Waals surface area contributed by atoms with E-state index < -0.39 is 9.84 Å². The molecular formula is C27H24ClN5O4S. The predicted octanol–water partition coefficient (Wildman–Crippen LogP) is 4.00. The lowest BCUT2D eigenvalue weighted by Gasteiger charge is -2.29. The van der Waals surface area contributed by atoms with Gasteiger partial charge in [-0.3, -0.25) is 9.78 Å². The monoisotopic (exact) mass is 549 g/mol. The number of anilines is 2. The van der Waals surface area contributed by atoms with Crippen molar-refractivity contribution in [1.82, 2.24) is 20.3 Å². The van der Waals surface area contributed by atoms with Gasteiger partial charge >= 0.3 is 0 Å². The van der Waals surface area contributed by atoms with Gasteiger partial charge in [0, 0.05) is 29.9 Å². The number of nitrogens with one attached hydrogen (secondary N) is 1. The molecule has 9 nitrogen and oxygen atoms in total. The number of benzene rings is 1. The zero-order valence-corrected chi connectivity index (χ0v) is 21.9. The molecule has 0 bridgehead atoms. The number of sulfone groups is 1. The van der Waals surface area contributed by atoms with Gasteiger partial charge in [0.05, 0.1) is 46.6 Å². The Morgan fingerprint density at radius 3 is 2.87 bits per heavy atom. The molecule has 0 fully saturated rings. The molecule has 4 aromatic rings. The number of aryl methyl sites for hydroxylation is 1. The highest BCUT2D eigenvalue weighted by atomic mass is 35.5. The summed E-state index contributed by atoms with van der Waals surface area (Å²) in [6.07, 6.45) is 5.27. The first-order valence-electron chi connectivity index (χ1n) is 12.3. The fourth-order valence-electron chi connectivity index (χ4n) is 4.79. The maximum atomic E-state index is 12.9. The molecule has 1 aromatic carbocycles. The summed E-state index contributed by atoms with van der Waals surface area (Å²) in [5.41, 5.74) is 3.31. The minimum atomic E-state index is -3.50. The highest BCUT2D eigenvalue weighted by Gasteiger charge is 2.24. The van der Waals surface area contributed by atoms with Crippen LogP contribution in [0, 0.1) is 0 Å². The van der Waals surface area contributed by atoms with E-state index in [2.05, 4.69) is 20.2 Å². The molecular weight excluding hydrogens is 526 g/mol. The quantitative estimate of drug-likeness (QED) is 0.406. The molecule has 2 aliphatic heterocycles. The topological polar surface area (TPSA) is 114 Å². The number of hydrogen-bond acceptors (Lipinski definition) is 8. The van der Waals surface area contributed by atoms with Gasteiger partial charge in [-0.2, -0.15) is 0 Å². The number of ether oxygens (including phenoxy) is 1. The molecule has 2 aliphatic rings. The molecule has 3 aromatic heterocycles. The van der Waals surface area contributed by atoms with Gasteiger partial charge in [-0.25, -0.2) is 18.4 Å². The molecule has 0 unspecified atom stereocenters. The van der Waals surface area contributed by atoms with Gasteiger partial charge in [-0.15, -0.1) is 0 Å². The van der Waals surface area contributed by atoms with Crippen LogP contribution >= 0.6 is 11.6 Å². The number of fused-ring (bicyclic) bond motifs is 3. The summed E-state index contributed by atoms with van der Waals surface area (Å²) in [6, 6.07) is 12.4. The first-order chi connectivity index (χ1) is 18.4. The predicted molar refractivity (Wildman–Crippen MR) is 143 cm³/mol. The average Bonchev–Trinajstić information content (AvgIpc) is 3.08. The first-order valence-corrected chi connectivity index (χ1v) is 14.3. The van der Waals surface area contributed by atoms with E-state index >= 15 is 0 Å². The first kappa shape index (κ1) is 24.7. The van der Waals surface area contributed by atoms with Crippen molar-refractivity contribution in [3.05, 3.63) is 82.3 Å². The summed E-state index contributed by atoms with van der Waals surface area (Å²) in [7, 11) is -3.50. The number of carbonyl (C=O) groups is 1. The van der Waals surface area contributed by atoms with Crippen molar-refractivity contribution in [3.63, 3.8) is 0 Å². The van der Waals surface area contributed by atoms with Crippen molar-refractivity contribution >= 4 is 49.9 Å². The van der Waals surface area contributed by atoms with Gasteiger partial charge in [-0.1, -0.05) is 17.7 Å². The second kappa shape index (κ2) is 9.94. The largest absolute Gasteiger partial charge is 0.376 e. The van der Waals surface area contributed by atoms with Gasteiger partial charge in [0.2, 0.25) is 0 Å². The smallest absolute Gasteiger partial charge is 0.251 e. The maximum absolute atomic E-state index is 12.9. The van der Waals surface area contributed by atoms with Crippen LogP contribution in [0.1, 0.15) is 33.6 Å². The third-order valence-corrected chi connectivity index (χ3v) is 8.69. The van der Waals surface area contributed by atoms with Crippen LogP contribution in [0.15, 0.2) is 59.8 Å². The highest BCUT2D eigenvalue weighted by molar-refractivity contribution is 7.91. The lowest BCUT2D eigenvalue weighted by Crippen LogP contribution is -2.26. The van der Waals surface area contributed by atoms with Gasteiger partial charge in [0.1, 0.15) is 11.6 Å². The van der Waals surface area contributed by atoms with Crippen LogP contribution in [0.4, 0.5) is 11.6 Å². The van der Waals surface area contributed by atoms with E-state index in [9.17, 15) is 13.2 Å². The molecule has 0 radical (unpaired) electrons. The van der Waals surface area contributed by atoms with Crippen LogP contribution in [0.5, 0.6) is 0 Å². The highest BCUT2D eigenvalue weighted by Crippen LogP contribution is 2.33. The van der Waals surface area contributed by atoms with Gasteiger partial charge in [0.15, 0.2) is 9.84 Å². The zero-order valence-electron chi connectivity index (χ0n) is 20.4. The second-order valence-electron chi connectivity index (χ2n) is 9.31. The average molecular weight is 550 g/mol. The number of hydrogen-bond donors (Lipinski definition) is 1. The van der Waals surface area contributed by atoms with Crippen LogP contribution in [-0.4, -0.2) is 48.2 Å². The molecule has 1 amide bonds. The van der Waals surface area contributed by atoms with E-state index in [-0.39, 0.29) is 41.9 Å². The molecule has 0 saturated carbocycles. The lowest BCUT2D eigenvalue weighted by molar-refractivity contribution is 0.0950. The van der Waals surface area contributed by atoms with E-state index in [1.807, 2.05) is 24.3 Å². The van der Waals surface area contributed by atoms with Gasteiger partial charge in [0.25, 0.3) is 5.91 Å². The van der Waals surface area contributed by atoms with Crippen LogP contribution in [0.25, 0.3) is 10.9 Å². The molecule has 0 atom stereocenters. The number of amides is 1. The molecule has 5 heterocycles. The summed E-state index contributed by atoms with van der Waals surface area (Å²) >= 11 is 6.14. The molecule has 0 aliphatic carbocycles. The summed E-state index contributed by atoms with van der Waals surface area (Å²) in [5.74, 6) is 1.16. The summed E-state index contributed by atoms with van der Waals surface area (Å²) in [5, 5.41) is 4.34. The Labute approximate surface area is 224 Å². The Morgan fingerprint density at radius 2 is 1.97 bits per heavy atom. The molecule has 11 heteroatoms. The minimum absolute atomic E-state index is 0.103. The van der Waals surface area contributed by atoms with E-state index in [4.69, 9.17) is 21.3 Å². The Balaban J connectivity index is 1.22. The summed E-state index contributed by atoms with van der Waals surface area (Å²) in [4.78, 5) is 29.0. The van der Waals surface area contributed by atoms with Gasteiger partial charge < -0.3 is 15.0 Å². The molecule has 6 rings (SSSR count). The maximum Gasteiger partial charge on any atom is 0.251 e. The molecule has 1 N–H and O–H groups in total. The standard InChI is InChI=1S/C27H24ClN5O4S/c28-21-10-17-2-1-7-33(26(17)30-14-21)25-6-5-19-13-29-22(12-23(19)32-25)15-31-27(34)18-3-4-20-16-37-8-9-38(35,36)24(20)11-18/h3-6,10-14H,1-2,7-9,15-16H2,(H,31,34). The van der Waals surface area contributed by atoms with Crippen molar-refractivity contribution in [2.24, 2.45) is 0 Å². The molecule has 38 heavy (non-hydrogen) atoms. The lowest BCUT2D eigenvalue weighted by atomic mass is 10.1. The summed E-state index contributed by atoms with van der Waals surface area (Å²) < 4.78 is 30.5. The van der Waals surface area contributed by atoms with E-state index in [1.54, 1.807) is 24.5 Å². The Hall–Kier alpha value is -3.60. The van der Waals surface area contributed by atoms with Crippen molar-refractivity contribution < 1.29 is 17.9 Å². The SMILES string of the molecule is O=C(NCc1cc2nc(N3CCCc4cc(Cl)cnc43)ccc2cn1)c1ccc2c(c1)S(=O)(=O)CCOC2. The Morgan fingerprint density at radius 1 is 1.08 bits per heavy atom. The van der Waals surface area contributed by atoms with Crippen molar-refractivity contribution in [2.75, 3.05) is 23.8 Å². The number of pyridine rings is 3. The fraction of sp³-hybridized carbons (Fsp3) is 0.259. The summed E-state index contributed by atoms with van der Waals surface area (Å²) in [6.45, 7) is 1.31. The third-order valence-electron chi connectivity index (χ3n) is 6.73. The normalized spacial score (nSPS) is 16.4. The second-order valence-corrected chi connectivity index (χ2v) is 11.8. The van der Waals surface area contributed by atoms with Crippen LogP contribution < -0.4 is 10.2 Å². The van der Waals surface area contributed by atoms with Gasteiger partial charge in [-0.05, 0) is 60.4 Å².